The first-order chi connectivity index (χ1) is 11.4. The third kappa shape index (κ3) is 3.19. The Labute approximate surface area is 142 Å². The van der Waals surface area contributed by atoms with Crippen LogP contribution in [0.15, 0.2) is 24.8 Å². The largest absolute Gasteiger partial charge is 0.281 e. The Morgan fingerprint density at radius 1 is 1.17 bits per heavy atom. The van der Waals surface area contributed by atoms with Crippen LogP contribution in [-0.2, 0) is 17.3 Å². The van der Waals surface area contributed by atoms with E-state index in [1.54, 1.807) is 37.4 Å². The molecule has 0 atom stereocenters. The summed E-state index contributed by atoms with van der Waals surface area (Å²) >= 11 is 0. The molecule has 1 fully saturated rings. The topological polar surface area (TPSA) is 84.2 Å². The van der Waals surface area contributed by atoms with Crippen molar-refractivity contribution in [2.24, 2.45) is 7.05 Å². The maximum absolute atomic E-state index is 12.2. The Morgan fingerprint density at radius 3 is 2.42 bits per heavy atom. The van der Waals surface area contributed by atoms with Gasteiger partial charge in [-0.2, -0.15) is 22.1 Å². The van der Waals surface area contributed by atoms with Crippen molar-refractivity contribution >= 4 is 10.2 Å². The van der Waals surface area contributed by atoms with Gasteiger partial charge >= 0.3 is 0 Å². The van der Waals surface area contributed by atoms with Crippen molar-refractivity contribution in [3.05, 3.63) is 30.5 Å². The molecule has 2 aromatic rings. The smallest absolute Gasteiger partial charge is 0.275 e. The zero-order chi connectivity index (χ0) is 17.3. The summed E-state index contributed by atoms with van der Waals surface area (Å²) < 4.78 is 29.0. The Balaban J connectivity index is 1.81. The number of hydrogen-bond acceptors (Lipinski definition) is 5. The van der Waals surface area contributed by atoms with Crippen molar-refractivity contribution in [3.8, 4) is 11.3 Å². The van der Waals surface area contributed by atoms with Crippen LogP contribution in [0.3, 0.4) is 0 Å². The number of piperidine rings is 1. The van der Waals surface area contributed by atoms with E-state index < -0.39 is 10.2 Å². The lowest BCUT2D eigenvalue weighted by atomic mass is 9.92. The second kappa shape index (κ2) is 6.58. The highest BCUT2D eigenvalue weighted by atomic mass is 32.2. The van der Waals surface area contributed by atoms with Gasteiger partial charge in [-0.15, -0.1) is 0 Å². The number of aryl methyl sites for hydroxylation is 1. The fourth-order valence-electron chi connectivity index (χ4n) is 3.00. The molecule has 0 N–H and O–H groups in total. The van der Waals surface area contributed by atoms with Gasteiger partial charge in [0.05, 0.1) is 17.6 Å². The second-order valence-corrected chi connectivity index (χ2v) is 8.30. The van der Waals surface area contributed by atoms with E-state index in [2.05, 4.69) is 15.1 Å². The molecule has 0 amide bonds. The van der Waals surface area contributed by atoms with Crippen LogP contribution in [0.5, 0.6) is 0 Å². The minimum absolute atomic E-state index is 0.197. The van der Waals surface area contributed by atoms with Crippen molar-refractivity contribution in [2.75, 3.05) is 27.2 Å². The molecule has 24 heavy (non-hydrogen) atoms. The van der Waals surface area contributed by atoms with E-state index in [-0.39, 0.29) is 5.92 Å². The van der Waals surface area contributed by atoms with E-state index in [1.165, 1.54) is 8.61 Å². The van der Waals surface area contributed by atoms with E-state index in [4.69, 9.17) is 0 Å². The van der Waals surface area contributed by atoms with Crippen molar-refractivity contribution in [1.29, 1.82) is 0 Å². The molecule has 0 spiro atoms. The zero-order valence-electron chi connectivity index (χ0n) is 14.1. The van der Waals surface area contributed by atoms with Crippen LogP contribution < -0.4 is 0 Å². The van der Waals surface area contributed by atoms with Crippen LogP contribution in [-0.4, -0.2) is 64.0 Å². The number of nitrogens with zero attached hydrogens (tertiary/aromatic N) is 6. The maximum Gasteiger partial charge on any atom is 0.281 e. The number of aromatic nitrogens is 4. The van der Waals surface area contributed by atoms with E-state index >= 15 is 0 Å². The van der Waals surface area contributed by atoms with Crippen LogP contribution in [0.1, 0.15) is 24.5 Å². The van der Waals surface area contributed by atoms with Crippen LogP contribution in [0, 0.1) is 0 Å². The highest BCUT2D eigenvalue weighted by Crippen LogP contribution is 2.33. The summed E-state index contributed by atoms with van der Waals surface area (Å²) in [5, 5.41) is 4.20. The lowest BCUT2D eigenvalue weighted by Gasteiger charge is -2.32. The standard InChI is InChI=1S/C15H22N6O2S/c1-19(2)24(22,23)21-8-4-12(5-9-21)14-15(17-7-6-16-14)13-10-18-20(3)11-13/h6-7,10-12H,4-5,8-9H2,1-3H3. The van der Waals surface area contributed by atoms with Crippen molar-refractivity contribution in [1.82, 2.24) is 28.4 Å². The number of hydrogen-bond donors (Lipinski definition) is 0. The molecular weight excluding hydrogens is 328 g/mol. The van der Waals surface area contributed by atoms with Gasteiger partial charge in [0, 0.05) is 64.3 Å². The lowest BCUT2D eigenvalue weighted by Crippen LogP contribution is -2.44. The molecule has 0 aromatic carbocycles. The van der Waals surface area contributed by atoms with Gasteiger partial charge in [-0.25, -0.2) is 0 Å². The normalized spacial score (nSPS) is 17.5. The van der Waals surface area contributed by atoms with Gasteiger partial charge in [-0.1, -0.05) is 0 Å². The molecule has 2 aromatic heterocycles. The molecule has 3 rings (SSSR count). The molecule has 1 aliphatic rings. The molecule has 0 aliphatic carbocycles. The van der Waals surface area contributed by atoms with Crippen molar-refractivity contribution < 1.29 is 8.42 Å². The van der Waals surface area contributed by atoms with Crippen molar-refractivity contribution in [3.63, 3.8) is 0 Å². The van der Waals surface area contributed by atoms with Crippen LogP contribution >= 0.6 is 0 Å². The maximum atomic E-state index is 12.2. The SMILES string of the molecule is CN(C)S(=O)(=O)N1CCC(c2nccnc2-c2cnn(C)c2)CC1. The van der Waals surface area contributed by atoms with E-state index in [1.807, 2.05) is 13.2 Å². The summed E-state index contributed by atoms with van der Waals surface area (Å²) in [7, 11) is 1.64. The van der Waals surface area contributed by atoms with Gasteiger partial charge < -0.3 is 0 Å². The highest BCUT2D eigenvalue weighted by Gasteiger charge is 2.31. The first-order valence-corrected chi connectivity index (χ1v) is 9.27. The van der Waals surface area contributed by atoms with Gasteiger partial charge in [0.2, 0.25) is 0 Å². The van der Waals surface area contributed by atoms with E-state index in [9.17, 15) is 8.42 Å². The summed E-state index contributed by atoms with van der Waals surface area (Å²) in [6.45, 7) is 0.989. The summed E-state index contributed by atoms with van der Waals surface area (Å²) in [5.41, 5.74) is 2.69. The lowest BCUT2D eigenvalue weighted by molar-refractivity contribution is 0.300. The summed E-state index contributed by atoms with van der Waals surface area (Å²) in [5.74, 6) is 0.197. The van der Waals surface area contributed by atoms with Crippen LogP contribution in [0.25, 0.3) is 11.3 Å². The monoisotopic (exact) mass is 350 g/mol. The van der Waals surface area contributed by atoms with Gasteiger partial charge in [0.25, 0.3) is 10.2 Å². The first kappa shape index (κ1) is 17.0. The number of rotatable bonds is 4. The fourth-order valence-corrected chi connectivity index (χ4v) is 4.14. The quantitative estimate of drug-likeness (QED) is 0.817. The van der Waals surface area contributed by atoms with Crippen LogP contribution in [0.4, 0.5) is 0 Å². The highest BCUT2D eigenvalue weighted by molar-refractivity contribution is 7.86. The van der Waals surface area contributed by atoms with E-state index in [0.29, 0.717) is 13.1 Å². The Bertz CT molecular complexity index is 809. The second-order valence-electron chi connectivity index (χ2n) is 6.16. The molecule has 130 valence electrons. The summed E-state index contributed by atoms with van der Waals surface area (Å²) in [4.78, 5) is 9.01. The first-order valence-electron chi connectivity index (χ1n) is 7.87. The molecule has 1 aliphatic heterocycles. The van der Waals surface area contributed by atoms with Gasteiger partial charge in [0.15, 0.2) is 0 Å². The Hall–Kier alpha value is -1.84. The Morgan fingerprint density at radius 2 is 1.83 bits per heavy atom. The molecular formula is C15H22N6O2S. The summed E-state index contributed by atoms with van der Waals surface area (Å²) in [6, 6.07) is 0. The van der Waals surface area contributed by atoms with Gasteiger partial charge in [-0.05, 0) is 12.8 Å². The minimum atomic E-state index is -3.35. The predicted molar refractivity (Wildman–Crippen MR) is 90.4 cm³/mol. The molecule has 1 saturated heterocycles. The third-order valence-electron chi connectivity index (χ3n) is 4.33. The molecule has 0 saturated carbocycles. The minimum Gasteiger partial charge on any atom is -0.275 e. The molecule has 0 radical (unpaired) electrons. The Kier molecular flexibility index (Phi) is 4.66. The average Bonchev–Trinajstić information content (AvgIpc) is 3.01. The van der Waals surface area contributed by atoms with Gasteiger partial charge in [-0.3, -0.25) is 14.6 Å². The van der Waals surface area contributed by atoms with Crippen molar-refractivity contribution in [2.45, 2.75) is 18.8 Å². The van der Waals surface area contributed by atoms with Gasteiger partial charge in [0.1, 0.15) is 0 Å². The molecule has 0 unspecified atom stereocenters. The average molecular weight is 350 g/mol. The fraction of sp³-hybridized carbons (Fsp3) is 0.533. The van der Waals surface area contributed by atoms with Crippen LogP contribution in [0.2, 0.25) is 0 Å². The molecule has 0 bridgehead atoms. The third-order valence-corrected chi connectivity index (χ3v) is 6.27. The zero-order valence-corrected chi connectivity index (χ0v) is 14.9. The summed E-state index contributed by atoms with van der Waals surface area (Å²) in [6.07, 6.45) is 8.53. The molecule has 3 heterocycles. The van der Waals surface area contributed by atoms with E-state index in [0.717, 1.165) is 29.8 Å². The predicted octanol–water partition coefficient (Wildman–Crippen LogP) is 0.863. The molecule has 9 heteroatoms. The molecule has 8 nitrogen and oxygen atoms in total.